The van der Waals surface area contributed by atoms with Crippen LogP contribution in [0.5, 0.6) is 0 Å². The molecule has 0 radical (unpaired) electrons. The Morgan fingerprint density at radius 2 is 2.08 bits per heavy atom. The molecular formula is C18H29N3O4S. The third-order valence-electron chi connectivity index (χ3n) is 4.44. The third kappa shape index (κ3) is 6.26. The predicted octanol–water partition coefficient (Wildman–Crippen LogP) is 2.19. The highest BCUT2D eigenvalue weighted by Crippen LogP contribution is 2.23. The van der Waals surface area contributed by atoms with E-state index in [1.165, 1.54) is 9.78 Å². The highest BCUT2D eigenvalue weighted by molar-refractivity contribution is 7.10. The highest BCUT2D eigenvalue weighted by atomic mass is 32.1. The molecule has 7 nitrogen and oxygen atoms in total. The lowest BCUT2D eigenvalue weighted by Gasteiger charge is -2.28. The van der Waals surface area contributed by atoms with Crippen molar-refractivity contribution in [3.05, 3.63) is 21.9 Å². The van der Waals surface area contributed by atoms with Crippen molar-refractivity contribution >= 4 is 23.3 Å². The standard InChI is InChI=1S/C18H29N3O4S/c1-13(2)16-10-14(12-26-16)11-20(3)18(24)19-15(17(22)23)4-5-21-6-8-25-9-7-21/h10,12-13,15H,4-9,11H2,1-3H3,(H,19,24)(H,22,23). The second-order valence-corrected chi connectivity index (χ2v) is 7.89. The Morgan fingerprint density at radius 1 is 1.38 bits per heavy atom. The Kier molecular flexibility index (Phi) is 7.86. The fraction of sp³-hybridized carbons (Fsp3) is 0.667. The Morgan fingerprint density at radius 3 is 2.65 bits per heavy atom. The third-order valence-corrected chi connectivity index (χ3v) is 5.73. The first-order chi connectivity index (χ1) is 12.4. The number of ether oxygens (including phenoxy) is 1. The van der Waals surface area contributed by atoms with Crippen molar-refractivity contribution in [2.24, 2.45) is 0 Å². The van der Waals surface area contributed by atoms with Crippen LogP contribution in [0.25, 0.3) is 0 Å². The Labute approximate surface area is 158 Å². The molecule has 0 bridgehead atoms. The molecule has 0 aliphatic carbocycles. The Hall–Kier alpha value is -1.64. The molecule has 2 N–H and O–H groups in total. The maximum atomic E-state index is 12.4. The molecule has 0 aromatic carbocycles. The Balaban J connectivity index is 1.83. The first-order valence-electron chi connectivity index (χ1n) is 8.98. The van der Waals surface area contributed by atoms with E-state index in [1.807, 2.05) is 5.38 Å². The van der Waals surface area contributed by atoms with E-state index in [0.717, 1.165) is 18.7 Å². The van der Waals surface area contributed by atoms with Crippen LogP contribution >= 0.6 is 11.3 Å². The molecule has 2 rings (SSSR count). The van der Waals surface area contributed by atoms with Gasteiger partial charge < -0.3 is 20.1 Å². The van der Waals surface area contributed by atoms with Gasteiger partial charge in [0.25, 0.3) is 0 Å². The van der Waals surface area contributed by atoms with Gasteiger partial charge in [-0.05, 0) is 29.3 Å². The van der Waals surface area contributed by atoms with Crippen molar-refractivity contribution in [3.8, 4) is 0 Å². The van der Waals surface area contributed by atoms with Crippen LogP contribution in [0, 0.1) is 0 Å². The quantitative estimate of drug-likeness (QED) is 0.719. The van der Waals surface area contributed by atoms with Crippen molar-refractivity contribution in [3.63, 3.8) is 0 Å². The molecule has 1 unspecified atom stereocenters. The number of nitrogens with zero attached hydrogens (tertiary/aromatic N) is 2. The summed E-state index contributed by atoms with van der Waals surface area (Å²) >= 11 is 1.69. The van der Waals surface area contributed by atoms with E-state index in [2.05, 4.69) is 30.1 Å². The second-order valence-electron chi connectivity index (χ2n) is 6.95. The molecular weight excluding hydrogens is 354 g/mol. The summed E-state index contributed by atoms with van der Waals surface area (Å²) in [4.78, 5) is 28.8. The summed E-state index contributed by atoms with van der Waals surface area (Å²) in [6.07, 6.45) is 0.380. The van der Waals surface area contributed by atoms with Gasteiger partial charge in [-0.2, -0.15) is 0 Å². The van der Waals surface area contributed by atoms with Gasteiger partial charge in [-0.1, -0.05) is 13.8 Å². The van der Waals surface area contributed by atoms with Crippen molar-refractivity contribution in [1.82, 2.24) is 15.1 Å². The highest BCUT2D eigenvalue weighted by Gasteiger charge is 2.23. The lowest BCUT2D eigenvalue weighted by molar-refractivity contribution is -0.139. The molecule has 1 aromatic heterocycles. The number of thiophene rings is 1. The second kappa shape index (κ2) is 9.89. The van der Waals surface area contributed by atoms with Crippen LogP contribution in [0.15, 0.2) is 11.4 Å². The number of carbonyl (C=O) groups excluding carboxylic acids is 1. The van der Waals surface area contributed by atoms with Crippen LogP contribution in [0.4, 0.5) is 4.79 Å². The minimum atomic E-state index is -1.00. The van der Waals surface area contributed by atoms with Crippen LogP contribution in [0.1, 0.15) is 36.6 Å². The van der Waals surface area contributed by atoms with Gasteiger partial charge in [0.15, 0.2) is 0 Å². The van der Waals surface area contributed by atoms with Gasteiger partial charge in [-0.25, -0.2) is 9.59 Å². The van der Waals surface area contributed by atoms with E-state index in [1.54, 1.807) is 18.4 Å². The summed E-state index contributed by atoms with van der Waals surface area (Å²) in [5.41, 5.74) is 1.07. The van der Waals surface area contributed by atoms with E-state index in [-0.39, 0.29) is 6.03 Å². The van der Waals surface area contributed by atoms with Gasteiger partial charge in [-0.3, -0.25) is 4.90 Å². The number of nitrogens with one attached hydrogen (secondary N) is 1. The molecule has 2 heterocycles. The lowest BCUT2D eigenvalue weighted by Crippen LogP contribution is -2.48. The van der Waals surface area contributed by atoms with Gasteiger partial charge >= 0.3 is 12.0 Å². The average Bonchev–Trinajstić information content (AvgIpc) is 3.07. The van der Waals surface area contributed by atoms with E-state index in [4.69, 9.17) is 4.74 Å². The smallest absolute Gasteiger partial charge is 0.326 e. The minimum Gasteiger partial charge on any atom is -0.480 e. The number of amides is 2. The number of urea groups is 1. The lowest BCUT2D eigenvalue weighted by atomic mass is 10.1. The SMILES string of the molecule is CC(C)c1cc(CN(C)C(=O)NC(CCN2CCOCC2)C(=O)O)cs1. The molecule has 1 aliphatic heterocycles. The van der Waals surface area contributed by atoms with E-state index in [9.17, 15) is 14.7 Å². The average molecular weight is 384 g/mol. The van der Waals surface area contributed by atoms with Gasteiger partial charge in [0.05, 0.1) is 13.2 Å². The molecule has 1 aromatic rings. The molecule has 2 amide bonds. The zero-order chi connectivity index (χ0) is 19.1. The van der Waals surface area contributed by atoms with Gasteiger partial charge in [0.2, 0.25) is 0 Å². The fourth-order valence-electron chi connectivity index (χ4n) is 2.78. The van der Waals surface area contributed by atoms with Gasteiger partial charge in [-0.15, -0.1) is 11.3 Å². The number of rotatable bonds is 8. The molecule has 0 spiro atoms. The monoisotopic (exact) mass is 383 g/mol. The summed E-state index contributed by atoms with van der Waals surface area (Å²) in [7, 11) is 1.68. The van der Waals surface area contributed by atoms with E-state index < -0.39 is 12.0 Å². The molecule has 1 saturated heterocycles. The number of carboxylic acid groups (broad SMARTS) is 1. The topological polar surface area (TPSA) is 82.1 Å². The predicted molar refractivity (Wildman–Crippen MR) is 102 cm³/mol. The van der Waals surface area contributed by atoms with Crippen molar-refractivity contribution in [1.29, 1.82) is 0 Å². The summed E-state index contributed by atoms with van der Waals surface area (Å²) < 4.78 is 5.29. The number of morpholine rings is 1. The summed E-state index contributed by atoms with van der Waals surface area (Å²) in [5.74, 6) is -0.540. The molecule has 1 fully saturated rings. The van der Waals surface area contributed by atoms with Crippen molar-refractivity contribution in [2.45, 2.75) is 38.8 Å². The van der Waals surface area contributed by atoms with Crippen LogP contribution in [-0.2, 0) is 16.1 Å². The molecule has 146 valence electrons. The number of hydrogen-bond acceptors (Lipinski definition) is 5. The summed E-state index contributed by atoms with van der Waals surface area (Å²) in [5, 5.41) is 14.1. The normalized spacial score (nSPS) is 16.5. The number of carboxylic acids is 1. The van der Waals surface area contributed by atoms with E-state index >= 15 is 0 Å². The molecule has 1 aliphatic rings. The first-order valence-corrected chi connectivity index (χ1v) is 9.86. The molecule has 1 atom stereocenters. The largest absolute Gasteiger partial charge is 0.480 e. The van der Waals surface area contributed by atoms with Crippen molar-refractivity contribution in [2.75, 3.05) is 39.9 Å². The number of aliphatic carboxylic acids is 1. The summed E-state index contributed by atoms with van der Waals surface area (Å²) in [6, 6.07) is 0.852. The Bertz CT molecular complexity index is 599. The zero-order valence-corrected chi connectivity index (χ0v) is 16.6. The maximum absolute atomic E-state index is 12.4. The molecule has 0 saturated carbocycles. The van der Waals surface area contributed by atoms with Gasteiger partial charge in [0.1, 0.15) is 6.04 Å². The number of hydrogen-bond donors (Lipinski definition) is 2. The van der Waals surface area contributed by atoms with Crippen LogP contribution in [0.3, 0.4) is 0 Å². The fourth-order valence-corrected chi connectivity index (χ4v) is 3.70. The maximum Gasteiger partial charge on any atom is 0.326 e. The van der Waals surface area contributed by atoms with Crippen LogP contribution < -0.4 is 5.32 Å². The zero-order valence-electron chi connectivity index (χ0n) is 15.7. The van der Waals surface area contributed by atoms with Gasteiger partial charge in [0, 0.05) is 38.1 Å². The van der Waals surface area contributed by atoms with Crippen LogP contribution in [-0.4, -0.2) is 72.8 Å². The molecule has 8 heteroatoms. The van der Waals surface area contributed by atoms with E-state index in [0.29, 0.717) is 38.6 Å². The minimum absolute atomic E-state index is 0.364. The first kappa shape index (κ1) is 20.7. The molecule has 26 heavy (non-hydrogen) atoms. The number of carbonyl (C=O) groups is 2. The van der Waals surface area contributed by atoms with Crippen LogP contribution in [0.2, 0.25) is 0 Å². The van der Waals surface area contributed by atoms with Crippen molar-refractivity contribution < 1.29 is 19.4 Å². The summed E-state index contributed by atoms with van der Waals surface area (Å²) in [6.45, 7) is 8.32.